The number of thiophene rings is 1. The summed E-state index contributed by atoms with van der Waals surface area (Å²) in [5.41, 5.74) is 6.81. The Kier molecular flexibility index (Phi) is 3.42. The molecule has 0 radical (unpaired) electrons. The van der Waals surface area contributed by atoms with Crippen LogP contribution in [0.1, 0.15) is 15.2 Å². The SMILES string of the molecule is Cc1cc(=O)[nH]c2sc(C(=O)Nc3ccccc3F)c(N)c12. The Morgan fingerprint density at radius 2 is 2.09 bits per heavy atom. The van der Waals surface area contributed by atoms with Gasteiger partial charge in [0.1, 0.15) is 15.5 Å². The van der Waals surface area contributed by atoms with Gasteiger partial charge in [-0.2, -0.15) is 0 Å². The third-order valence-electron chi connectivity index (χ3n) is 3.25. The summed E-state index contributed by atoms with van der Waals surface area (Å²) in [5.74, 6) is -1.04. The Morgan fingerprint density at radius 1 is 1.36 bits per heavy atom. The van der Waals surface area contributed by atoms with E-state index in [-0.39, 0.29) is 21.8 Å². The molecule has 0 aliphatic rings. The number of hydrogen-bond donors (Lipinski definition) is 3. The second kappa shape index (κ2) is 5.27. The Morgan fingerprint density at radius 3 is 2.82 bits per heavy atom. The van der Waals surface area contributed by atoms with Gasteiger partial charge in [0.25, 0.3) is 5.91 Å². The molecule has 0 unspecified atom stereocenters. The normalized spacial score (nSPS) is 10.8. The maximum absolute atomic E-state index is 13.6. The summed E-state index contributed by atoms with van der Waals surface area (Å²) in [6.07, 6.45) is 0. The van der Waals surface area contributed by atoms with Crippen LogP contribution < -0.4 is 16.6 Å². The molecule has 4 N–H and O–H groups in total. The summed E-state index contributed by atoms with van der Waals surface area (Å²) in [6.45, 7) is 1.75. The standard InChI is InChI=1S/C15H12FN3O2S/c1-7-6-10(20)19-15-11(7)12(17)13(22-15)14(21)18-9-5-3-2-4-8(9)16/h2-6H,17H2,1H3,(H,18,21)(H,19,20). The number of aromatic amines is 1. The number of para-hydroxylation sites is 1. The first-order chi connectivity index (χ1) is 10.5. The number of carbonyl (C=O) groups excluding carboxylic acids is 1. The van der Waals surface area contributed by atoms with Crippen LogP contribution in [0, 0.1) is 12.7 Å². The van der Waals surface area contributed by atoms with Crippen LogP contribution in [0.5, 0.6) is 0 Å². The van der Waals surface area contributed by atoms with Crippen LogP contribution in [0.2, 0.25) is 0 Å². The topological polar surface area (TPSA) is 88.0 Å². The number of H-pyrrole nitrogens is 1. The number of rotatable bonds is 2. The summed E-state index contributed by atoms with van der Waals surface area (Å²) >= 11 is 1.07. The molecule has 0 aliphatic heterocycles. The largest absolute Gasteiger partial charge is 0.397 e. The van der Waals surface area contributed by atoms with Crippen molar-refractivity contribution in [3.05, 3.63) is 56.9 Å². The first-order valence-electron chi connectivity index (χ1n) is 6.45. The number of nitrogen functional groups attached to an aromatic ring is 1. The fraction of sp³-hybridized carbons (Fsp3) is 0.0667. The molecular formula is C15H12FN3O2S. The van der Waals surface area contributed by atoms with Crippen molar-refractivity contribution in [1.82, 2.24) is 4.98 Å². The minimum Gasteiger partial charge on any atom is -0.397 e. The highest BCUT2D eigenvalue weighted by molar-refractivity contribution is 7.21. The molecule has 0 fully saturated rings. The number of fused-ring (bicyclic) bond motifs is 1. The average molecular weight is 317 g/mol. The molecule has 112 valence electrons. The maximum Gasteiger partial charge on any atom is 0.268 e. The number of halogens is 1. The number of hydrogen-bond acceptors (Lipinski definition) is 4. The van der Waals surface area contributed by atoms with Crippen molar-refractivity contribution in [2.75, 3.05) is 11.1 Å². The fourth-order valence-electron chi connectivity index (χ4n) is 2.25. The van der Waals surface area contributed by atoms with Crippen molar-refractivity contribution < 1.29 is 9.18 Å². The zero-order chi connectivity index (χ0) is 15.9. The zero-order valence-electron chi connectivity index (χ0n) is 11.6. The number of amides is 1. The minimum atomic E-state index is -0.528. The van der Waals surface area contributed by atoms with Gasteiger partial charge in [0, 0.05) is 11.5 Å². The quantitative estimate of drug-likeness (QED) is 0.679. The third-order valence-corrected chi connectivity index (χ3v) is 4.37. The number of nitrogens with two attached hydrogens (primary N) is 1. The summed E-state index contributed by atoms with van der Waals surface area (Å²) in [4.78, 5) is 27.2. The van der Waals surface area contributed by atoms with Crippen molar-refractivity contribution >= 4 is 38.8 Å². The maximum atomic E-state index is 13.6. The molecule has 0 aliphatic carbocycles. The summed E-state index contributed by atoms with van der Waals surface area (Å²) < 4.78 is 13.6. The molecule has 0 spiro atoms. The van der Waals surface area contributed by atoms with E-state index in [0.717, 1.165) is 11.3 Å². The van der Waals surface area contributed by atoms with Gasteiger partial charge in [-0.3, -0.25) is 9.59 Å². The van der Waals surface area contributed by atoms with Crippen molar-refractivity contribution in [1.29, 1.82) is 0 Å². The molecule has 2 aromatic heterocycles. The second-order valence-electron chi connectivity index (χ2n) is 4.80. The number of pyridine rings is 1. The molecule has 2 heterocycles. The van der Waals surface area contributed by atoms with Crippen LogP contribution in [-0.2, 0) is 0 Å². The first kappa shape index (κ1) is 14.3. The Labute approximate surface area is 128 Å². The lowest BCUT2D eigenvalue weighted by Gasteiger charge is -2.05. The van der Waals surface area contributed by atoms with Crippen LogP contribution in [0.4, 0.5) is 15.8 Å². The van der Waals surface area contributed by atoms with Gasteiger partial charge in [0.15, 0.2) is 0 Å². The fourth-order valence-corrected chi connectivity index (χ4v) is 3.34. The van der Waals surface area contributed by atoms with Crippen LogP contribution in [0.3, 0.4) is 0 Å². The molecule has 0 saturated heterocycles. The van der Waals surface area contributed by atoms with Crippen molar-refractivity contribution in [2.45, 2.75) is 6.92 Å². The summed E-state index contributed by atoms with van der Waals surface area (Å²) in [5, 5.41) is 3.13. The van der Waals surface area contributed by atoms with Crippen LogP contribution in [0.25, 0.3) is 10.2 Å². The molecule has 0 bridgehead atoms. The number of carbonyl (C=O) groups is 1. The molecule has 1 aromatic carbocycles. The van der Waals surface area contributed by atoms with E-state index in [4.69, 9.17) is 5.73 Å². The molecule has 1 amide bonds. The van der Waals surface area contributed by atoms with Gasteiger partial charge in [-0.1, -0.05) is 12.1 Å². The van der Waals surface area contributed by atoms with E-state index in [9.17, 15) is 14.0 Å². The number of anilines is 2. The van der Waals surface area contributed by atoms with Crippen LogP contribution in [0.15, 0.2) is 35.1 Å². The molecule has 3 rings (SSSR count). The van der Waals surface area contributed by atoms with Gasteiger partial charge >= 0.3 is 0 Å². The van der Waals surface area contributed by atoms with E-state index in [0.29, 0.717) is 15.8 Å². The second-order valence-corrected chi connectivity index (χ2v) is 5.82. The van der Waals surface area contributed by atoms with Crippen molar-refractivity contribution in [3.8, 4) is 0 Å². The molecule has 5 nitrogen and oxygen atoms in total. The molecule has 7 heteroatoms. The Bertz CT molecular complexity index is 946. The predicted octanol–water partition coefficient (Wildman–Crippen LogP) is 2.87. The molecule has 22 heavy (non-hydrogen) atoms. The van der Waals surface area contributed by atoms with E-state index < -0.39 is 11.7 Å². The summed E-state index contributed by atoms with van der Waals surface area (Å²) in [7, 11) is 0. The Hall–Kier alpha value is -2.67. The van der Waals surface area contributed by atoms with E-state index in [2.05, 4.69) is 10.3 Å². The van der Waals surface area contributed by atoms with Gasteiger partial charge in [0.05, 0.1) is 11.4 Å². The number of aromatic nitrogens is 1. The van der Waals surface area contributed by atoms with E-state index in [1.807, 2.05) is 0 Å². The number of benzene rings is 1. The van der Waals surface area contributed by atoms with Gasteiger partial charge in [-0.15, -0.1) is 11.3 Å². The Balaban J connectivity index is 2.05. The van der Waals surface area contributed by atoms with Gasteiger partial charge in [-0.05, 0) is 24.6 Å². The van der Waals surface area contributed by atoms with Crippen LogP contribution in [-0.4, -0.2) is 10.9 Å². The van der Waals surface area contributed by atoms with E-state index in [1.165, 1.54) is 24.3 Å². The average Bonchev–Trinajstić information content (AvgIpc) is 2.78. The van der Waals surface area contributed by atoms with E-state index >= 15 is 0 Å². The predicted molar refractivity (Wildman–Crippen MR) is 85.9 cm³/mol. The summed E-state index contributed by atoms with van der Waals surface area (Å²) in [6, 6.07) is 7.29. The highest BCUT2D eigenvalue weighted by atomic mass is 32.1. The van der Waals surface area contributed by atoms with Crippen LogP contribution >= 0.6 is 11.3 Å². The lowest BCUT2D eigenvalue weighted by atomic mass is 10.1. The lowest BCUT2D eigenvalue weighted by Crippen LogP contribution is -2.13. The van der Waals surface area contributed by atoms with E-state index in [1.54, 1.807) is 13.0 Å². The third kappa shape index (κ3) is 2.35. The van der Waals surface area contributed by atoms with Gasteiger partial charge in [0.2, 0.25) is 5.56 Å². The van der Waals surface area contributed by atoms with Crippen molar-refractivity contribution in [2.24, 2.45) is 0 Å². The first-order valence-corrected chi connectivity index (χ1v) is 7.27. The number of aryl methyl sites for hydroxylation is 1. The molecule has 0 saturated carbocycles. The highest BCUT2D eigenvalue weighted by Gasteiger charge is 2.19. The highest BCUT2D eigenvalue weighted by Crippen LogP contribution is 2.34. The number of nitrogens with one attached hydrogen (secondary N) is 2. The van der Waals surface area contributed by atoms with Gasteiger partial charge < -0.3 is 16.0 Å². The van der Waals surface area contributed by atoms with Gasteiger partial charge in [-0.25, -0.2) is 4.39 Å². The molecule has 3 aromatic rings. The minimum absolute atomic E-state index is 0.0783. The monoisotopic (exact) mass is 317 g/mol. The smallest absolute Gasteiger partial charge is 0.268 e. The zero-order valence-corrected chi connectivity index (χ0v) is 12.4. The molecular weight excluding hydrogens is 305 g/mol. The molecule has 0 atom stereocenters. The van der Waals surface area contributed by atoms with Crippen molar-refractivity contribution in [3.63, 3.8) is 0 Å². The lowest BCUT2D eigenvalue weighted by molar-refractivity contribution is 0.103.